The average Bonchev–Trinajstić information content (AvgIpc) is 3.07. The van der Waals surface area contributed by atoms with Crippen LogP contribution in [0.15, 0.2) is 60.9 Å². The van der Waals surface area contributed by atoms with Gasteiger partial charge in [-0.15, -0.1) is 0 Å². The maximum atomic E-state index is 5.32. The minimum Gasteiger partial charge on any atom is -0.497 e. The molecule has 0 aliphatic carbocycles. The Kier molecular flexibility index (Phi) is 3.78. The van der Waals surface area contributed by atoms with Crippen molar-refractivity contribution in [1.29, 1.82) is 0 Å². The summed E-state index contributed by atoms with van der Waals surface area (Å²) in [6.07, 6.45) is 3.52. The molecule has 0 saturated heterocycles. The molecular weight excluding hydrogens is 316 g/mol. The Labute approximate surface area is 144 Å². The summed E-state index contributed by atoms with van der Waals surface area (Å²) in [6.45, 7) is 0. The predicted molar refractivity (Wildman–Crippen MR) is 95.2 cm³/mol. The zero-order chi connectivity index (χ0) is 17.2. The summed E-state index contributed by atoms with van der Waals surface area (Å²) in [5, 5.41) is 0. The van der Waals surface area contributed by atoms with Gasteiger partial charge in [0.15, 0.2) is 5.82 Å². The molecule has 25 heavy (non-hydrogen) atoms. The molecule has 0 bridgehead atoms. The van der Waals surface area contributed by atoms with Gasteiger partial charge < -0.3 is 9.47 Å². The van der Waals surface area contributed by atoms with Crippen LogP contribution in [0.3, 0.4) is 0 Å². The highest BCUT2D eigenvalue weighted by Crippen LogP contribution is 2.29. The molecule has 0 unspecified atom stereocenters. The van der Waals surface area contributed by atoms with Crippen LogP contribution in [0.4, 0.5) is 0 Å². The lowest BCUT2D eigenvalue weighted by Gasteiger charge is -2.09. The van der Waals surface area contributed by atoms with Gasteiger partial charge in [0.05, 0.1) is 37.1 Å². The van der Waals surface area contributed by atoms with Gasteiger partial charge in [-0.25, -0.2) is 9.97 Å². The molecule has 0 spiro atoms. The van der Waals surface area contributed by atoms with Crippen molar-refractivity contribution in [2.75, 3.05) is 14.2 Å². The number of benzene rings is 1. The van der Waals surface area contributed by atoms with Crippen LogP contribution in [0.1, 0.15) is 0 Å². The zero-order valence-corrected chi connectivity index (χ0v) is 13.9. The van der Waals surface area contributed by atoms with E-state index in [2.05, 4.69) is 9.97 Å². The second kappa shape index (κ2) is 6.24. The van der Waals surface area contributed by atoms with Gasteiger partial charge in [-0.1, -0.05) is 6.07 Å². The fourth-order valence-corrected chi connectivity index (χ4v) is 2.74. The van der Waals surface area contributed by atoms with Crippen molar-refractivity contribution in [3.63, 3.8) is 0 Å². The lowest BCUT2D eigenvalue weighted by Crippen LogP contribution is -2.00. The number of hydrogen-bond donors (Lipinski definition) is 0. The molecule has 4 aromatic rings. The highest BCUT2D eigenvalue weighted by molar-refractivity contribution is 5.83. The molecule has 1 aromatic carbocycles. The number of aromatic nitrogens is 4. The number of hydrogen-bond acceptors (Lipinski definition) is 5. The lowest BCUT2D eigenvalue weighted by atomic mass is 10.3. The summed E-state index contributed by atoms with van der Waals surface area (Å²) in [7, 11) is 3.24. The molecule has 3 heterocycles. The van der Waals surface area contributed by atoms with Crippen LogP contribution in [-0.2, 0) is 0 Å². The molecule has 0 atom stereocenters. The Balaban J connectivity index is 1.98. The van der Waals surface area contributed by atoms with E-state index in [-0.39, 0.29) is 0 Å². The van der Waals surface area contributed by atoms with Gasteiger partial charge in [0.2, 0.25) is 5.88 Å². The summed E-state index contributed by atoms with van der Waals surface area (Å²) >= 11 is 0. The molecule has 4 rings (SSSR count). The van der Waals surface area contributed by atoms with Crippen molar-refractivity contribution < 1.29 is 9.47 Å². The van der Waals surface area contributed by atoms with E-state index in [0.717, 1.165) is 34.0 Å². The number of imidazole rings is 1. The first-order chi connectivity index (χ1) is 12.3. The van der Waals surface area contributed by atoms with Crippen LogP contribution in [0.5, 0.6) is 11.6 Å². The van der Waals surface area contributed by atoms with Crippen molar-refractivity contribution in [2.45, 2.75) is 0 Å². The molecular formula is C19H16N4O2. The Hall–Kier alpha value is -3.41. The van der Waals surface area contributed by atoms with Gasteiger partial charge in [-0.3, -0.25) is 9.55 Å². The van der Waals surface area contributed by atoms with E-state index >= 15 is 0 Å². The average molecular weight is 332 g/mol. The number of methoxy groups -OCH3 is 2. The molecule has 124 valence electrons. The Morgan fingerprint density at radius 1 is 0.920 bits per heavy atom. The number of pyridine rings is 2. The third-order valence-corrected chi connectivity index (χ3v) is 3.94. The highest BCUT2D eigenvalue weighted by Gasteiger charge is 2.16. The lowest BCUT2D eigenvalue weighted by molar-refractivity contribution is 0.398. The predicted octanol–water partition coefficient (Wildman–Crippen LogP) is 3.50. The highest BCUT2D eigenvalue weighted by atomic mass is 16.5. The first kappa shape index (κ1) is 15.1. The molecule has 6 heteroatoms. The monoisotopic (exact) mass is 332 g/mol. The summed E-state index contributed by atoms with van der Waals surface area (Å²) < 4.78 is 12.5. The SMILES string of the molecule is COc1ccc2c(c1)nc(-c1ccccn1)n2-c1ccc(OC)nc1. The standard InChI is InChI=1S/C19H16N4O2/c1-24-14-7-8-17-16(11-14)22-19(15-5-3-4-10-20-15)23(17)13-6-9-18(25-2)21-12-13/h3-12H,1-2H3. The minimum absolute atomic E-state index is 0.564. The zero-order valence-electron chi connectivity index (χ0n) is 13.9. The molecule has 0 fully saturated rings. The van der Waals surface area contributed by atoms with Gasteiger partial charge in [-0.2, -0.15) is 0 Å². The third kappa shape index (κ3) is 2.67. The smallest absolute Gasteiger partial charge is 0.213 e. The third-order valence-electron chi connectivity index (χ3n) is 3.94. The van der Waals surface area contributed by atoms with Crippen molar-refractivity contribution in [3.8, 4) is 28.8 Å². The van der Waals surface area contributed by atoms with Crippen molar-refractivity contribution in [1.82, 2.24) is 19.5 Å². The summed E-state index contributed by atoms with van der Waals surface area (Å²) in [5.74, 6) is 2.07. The van der Waals surface area contributed by atoms with Crippen molar-refractivity contribution >= 4 is 11.0 Å². The molecule has 0 amide bonds. The number of fused-ring (bicyclic) bond motifs is 1. The fourth-order valence-electron chi connectivity index (χ4n) is 2.74. The number of ether oxygens (including phenoxy) is 2. The Morgan fingerprint density at radius 2 is 1.84 bits per heavy atom. The first-order valence-electron chi connectivity index (χ1n) is 7.78. The van der Waals surface area contributed by atoms with Gasteiger partial charge in [0, 0.05) is 18.3 Å². The van der Waals surface area contributed by atoms with E-state index in [0.29, 0.717) is 5.88 Å². The Bertz CT molecular complexity index is 1010. The second-order valence-corrected chi connectivity index (χ2v) is 5.40. The summed E-state index contributed by atoms with van der Waals surface area (Å²) in [6, 6.07) is 15.3. The van der Waals surface area contributed by atoms with E-state index in [9.17, 15) is 0 Å². The quantitative estimate of drug-likeness (QED) is 0.572. The maximum Gasteiger partial charge on any atom is 0.213 e. The minimum atomic E-state index is 0.564. The van der Waals surface area contributed by atoms with Gasteiger partial charge in [-0.05, 0) is 30.3 Å². The molecule has 0 saturated carbocycles. The molecule has 3 aromatic heterocycles. The molecule has 0 aliphatic heterocycles. The van der Waals surface area contributed by atoms with Crippen LogP contribution in [-0.4, -0.2) is 33.7 Å². The molecule has 0 radical (unpaired) electrons. The largest absolute Gasteiger partial charge is 0.497 e. The van der Waals surface area contributed by atoms with Crippen LogP contribution < -0.4 is 9.47 Å². The van der Waals surface area contributed by atoms with Gasteiger partial charge in [0.25, 0.3) is 0 Å². The summed E-state index contributed by atoms with van der Waals surface area (Å²) in [4.78, 5) is 13.5. The van der Waals surface area contributed by atoms with E-state index in [1.807, 2.05) is 53.1 Å². The van der Waals surface area contributed by atoms with Crippen LogP contribution in [0.2, 0.25) is 0 Å². The number of rotatable bonds is 4. The Morgan fingerprint density at radius 3 is 2.52 bits per heavy atom. The van der Waals surface area contributed by atoms with E-state index in [4.69, 9.17) is 14.5 Å². The van der Waals surface area contributed by atoms with E-state index < -0.39 is 0 Å². The topological polar surface area (TPSA) is 62.1 Å². The molecule has 0 N–H and O–H groups in total. The molecule has 0 aliphatic rings. The molecule has 6 nitrogen and oxygen atoms in total. The summed E-state index contributed by atoms with van der Waals surface area (Å²) in [5.41, 5.74) is 3.45. The van der Waals surface area contributed by atoms with Crippen molar-refractivity contribution in [3.05, 3.63) is 60.9 Å². The van der Waals surface area contributed by atoms with Crippen LogP contribution in [0.25, 0.3) is 28.2 Å². The van der Waals surface area contributed by atoms with Crippen LogP contribution in [0, 0.1) is 0 Å². The normalized spacial score (nSPS) is 10.8. The van der Waals surface area contributed by atoms with Crippen molar-refractivity contribution in [2.24, 2.45) is 0 Å². The van der Waals surface area contributed by atoms with E-state index in [1.165, 1.54) is 0 Å². The van der Waals surface area contributed by atoms with E-state index in [1.54, 1.807) is 26.6 Å². The maximum absolute atomic E-state index is 5.32. The number of nitrogens with zero attached hydrogens (tertiary/aromatic N) is 4. The second-order valence-electron chi connectivity index (χ2n) is 5.40. The first-order valence-corrected chi connectivity index (χ1v) is 7.78. The fraction of sp³-hybridized carbons (Fsp3) is 0.105. The van der Waals surface area contributed by atoms with Crippen LogP contribution >= 0.6 is 0 Å². The van der Waals surface area contributed by atoms with Gasteiger partial charge >= 0.3 is 0 Å². The van der Waals surface area contributed by atoms with Gasteiger partial charge in [0.1, 0.15) is 11.4 Å².